The minimum absolute atomic E-state index is 0.00866. The van der Waals surface area contributed by atoms with Crippen molar-refractivity contribution in [3.63, 3.8) is 0 Å². The van der Waals surface area contributed by atoms with Crippen LogP contribution in [0.2, 0.25) is 0 Å². The topological polar surface area (TPSA) is 75.7 Å². The van der Waals surface area contributed by atoms with Gasteiger partial charge in [0.15, 0.2) is 6.61 Å². The number of rotatable bonds is 5. The number of carbonyl (C=O) groups is 3. The van der Waals surface area contributed by atoms with Gasteiger partial charge < -0.3 is 15.0 Å². The molecule has 27 heavy (non-hydrogen) atoms. The number of amides is 2. The van der Waals surface area contributed by atoms with Crippen molar-refractivity contribution >= 4 is 34.8 Å². The van der Waals surface area contributed by atoms with Crippen molar-refractivity contribution in [2.45, 2.75) is 19.8 Å². The molecular formula is C20H22N2O4S. The van der Waals surface area contributed by atoms with Crippen LogP contribution >= 0.6 is 11.3 Å². The molecule has 1 N–H and O–H groups in total. The Balaban J connectivity index is 1.41. The zero-order valence-electron chi connectivity index (χ0n) is 15.1. The molecule has 2 aromatic rings. The van der Waals surface area contributed by atoms with Gasteiger partial charge >= 0.3 is 5.97 Å². The van der Waals surface area contributed by atoms with Crippen LogP contribution < -0.4 is 5.32 Å². The summed E-state index contributed by atoms with van der Waals surface area (Å²) in [5.41, 5.74) is 1.71. The maximum absolute atomic E-state index is 12.3. The Bertz CT molecular complexity index is 811. The number of hydrogen-bond donors (Lipinski definition) is 1. The lowest BCUT2D eigenvalue weighted by atomic mass is 9.97. The van der Waals surface area contributed by atoms with Gasteiger partial charge in [-0.3, -0.25) is 14.4 Å². The number of hydrogen-bond acceptors (Lipinski definition) is 5. The number of esters is 1. The summed E-state index contributed by atoms with van der Waals surface area (Å²) in [5, 5.41) is 4.58. The second-order valence-electron chi connectivity index (χ2n) is 6.57. The number of aryl methyl sites for hydroxylation is 1. The molecule has 1 aliphatic rings. The van der Waals surface area contributed by atoms with E-state index in [4.69, 9.17) is 4.74 Å². The average molecular weight is 386 g/mol. The van der Waals surface area contributed by atoms with E-state index in [0.29, 0.717) is 36.5 Å². The summed E-state index contributed by atoms with van der Waals surface area (Å²) in [4.78, 5) is 38.9. The maximum atomic E-state index is 12.3. The molecule has 1 saturated heterocycles. The average Bonchev–Trinajstić information content (AvgIpc) is 3.20. The number of piperidine rings is 1. The van der Waals surface area contributed by atoms with Crippen molar-refractivity contribution in [1.82, 2.24) is 4.90 Å². The van der Waals surface area contributed by atoms with Crippen molar-refractivity contribution in [1.29, 1.82) is 0 Å². The molecule has 1 fully saturated rings. The predicted octanol–water partition coefficient (Wildman–Crippen LogP) is 3.09. The van der Waals surface area contributed by atoms with Gasteiger partial charge in [-0.2, -0.15) is 0 Å². The molecule has 0 unspecified atom stereocenters. The van der Waals surface area contributed by atoms with Crippen molar-refractivity contribution < 1.29 is 19.1 Å². The fourth-order valence-corrected chi connectivity index (χ4v) is 3.74. The van der Waals surface area contributed by atoms with Crippen LogP contribution in [0.25, 0.3) is 0 Å². The first kappa shape index (κ1) is 19.1. The number of nitrogens with one attached hydrogen (secondary N) is 1. The highest BCUT2D eigenvalue weighted by Gasteiger charge is 2.29. The summed E-state index contributed by atoms with van der Waals surface area (Å²) < 4.78 is 5.16. The summed E-state index contributed by atoms with van der Waals surface area (Å²) >= 11 is 1.42. The molecule has 0 radical (unpaired) electrons. The summed E-state index contributed by atoms with van der Waals surface area (Å²) in [6.45, 7) is 2.67. The number of likely N-dealkylation sites (tertiary alicyclic amines) is 1. The Morgan fingerprint density at radius 3 is 2.63 bits per heavy atom. The largest absolute Gasteiger partial charge is 0.455 e. The van der Waals surface area contributed by atoms with E-state index in [0.717, 1.165) is 5.56 Å². The fourth-order valence-electron chi connectivity index (χ4n) is 3.05. The SMILES string of the molecule is Cc1cccc(NC(=O)COC(=O)C2CCN(C(=O)c3cccs3)CC2)c1. The minimum Gasteiger partial charge on any atom is -0.455 e. The van der Waals surface area contributed by atoms with Crippen molar-refractivity contribution in [3.8, 4) is 0 Å². The summed E-state index contributed by atoms with van der Waals surface area (Å²) in [6.07, 6.45) is 1.10. The van der Waals surface area contributed by atoms with Gasteiger partial charge in [-0.1, -0.05) is 18.2 Å². The monoisotopic (exact) mass is 386 g/mol. The van der Waals surface area contributed by atoms with Crippen LogP contribution in [0.1, 0.15) is 28.1 Å². The molecule has 0 spiro atoms. The number of thiophene rings is 1. The molecule has 142 valence electrons. The summed E-state index contributed by atoms with van der Waals surface area (Å²) in [6, 6.07) is 11.1. The Kier molecular flexibility index (Phi) is 6.24. The lowest BCUT2D eigenvalue weighted by Crippen LogP contribution is -2.40. The standard InChI is InChI=1S/C20H22N2O4S/c1-14-4-2-5-16(12-14)21-18(23)13-26-20(25)15-7-9-22(10-8-15)19(24)17-6-3-11-27-17/h2-6,11-12,15H,7-10,13H2,1H3,(H,21,23). The molecule has 2 heterocycles. The van der Waals surface area contributed by atoms with Gasteiger partial charge in [-0.15, -0.1) is 11.3 Å². The first-order valence-corrected chi connectivity index (χ1v) is 9.77. The van der Waals surface area contributed by atoms with E-state index >= 15 is 0 Å². The van der Waals surface area contributed by atoms with Crippen LogP contribution in [0.4, 0.5) is 5.69 Å². The molecule has 3 rings (SSSR count). The van der Waals surface area contributed by atoms with Crippen LogP contribution in [-0.2, 0) is 14.3 Å². The second-order valence-corrected chi connectivity index (χ2v) is 7.52. The molecule has 1 aliphatic heterocycles. The Morgan fingerprint density at radius 2 is 1.96 bits per heavy atom. The van der Waals surface area contributed by atoms with Gasteiger partial charge in [0, 0.05) is 18.8 Å². The van der Waals surface area contributed by atoms with E-state index < -0.39 is 0 Å². The lowest BCUT2D eigenvalue weighted by molar-refractivity contribution is -0.152. The van der Waals surface area contributed by atoms with Gasteiger partial charge in [0.2, 0.25) is 0 Å². The van der Waals surface area contributed by atoms with E-state index in [1.807, 2.05) is 36.6 Å². The Hall–Kier alpha value is -2.67. The van der Waals surface area contributed by atoms with Crippen LogP contribution in [0.3, 0.4) is 0 Å². The van der Waals surface area contributed by atoms with Crippen molar-refractivity contribution in [2.24, 2.45) is 5.92 Å². The van der Waals surface area contributed by atoms with Gasteiger partial charge in [0.25, 0.3) is 11.8 Å². The molecule has 2 amide bonds. The third-order valence-electron chi connectivity index (χ3n) is 4.49. The fraction of sp³-hybridized carbons (Fsp3) is 0.350. The minimum atomic E-state index is -0.377. The zero-order chi connectivity index (χ0) is 19.2. The zero-order valence-corrected chi connectivity index (χ0v) is 16.0. The maximum Gasteiger partial charge on any atom is 0.309 e. The van der Waals surface area contributed by atoms with E-state index in [9.17, 15) is 14.4 Å². The highest BCUT2D eigenvalue weighted by atomic mass is 32.1. The van der Waals surface area contributed by atoms with Crippen molar-refractivity contribution in [2.75, 3.05) is 25.0 Å². The van der Waals surface area contributed by atoms with Crippen LogP contribution in [0.15, 0.2) is 41.8 Å². The molecular weight excluding hydrogens is 364 g/mol. The quantitative estimate of drug-likeness (QED) is 0.801. The molecule has 7 heteroatoms. The lowest BCUT2D eigenvalue weighted by Gasteiger charge is -2.30. The van der Waals surface area contributed by atoms with E-state index in [1.54, 1.807) is 17.0 Å². The highest BCUT2D eigenvalue weighted by Crippen LogP contribution is 2.21. The van der Waals surface area contributed by atoms with Gasteiger partial charge in [0.05, 0.1) is 10.8 Å². The molecule has 6 nitrogen and oxygen atoms in total. The van der Waals surface area contributed by atoms with Crippen LogP contribution in [-0.4, -0.2) is 42.4 Å². The molecule has 0 bridgehead atoms. The van der Waals surface area contributed by atoms with Gasteiger partial charge in [-0.05, 0) is 48.9 Å². The summed E-state index contributed by atoms with van der Waals surface area (Å²) in [5.74, 6) is -1.00. The van der Waals surface area contributed by atoms with Gasteiger partial charge in [0.1, 0.15) is 0 Å². The van der Waals surface area contributed by atoms with Gasteiger partial charge in [-0.25, -0.2) is 0 Å². The third kappa shape index (κ3) is 5.17. The first-order chi connectivity index (χ1) is 13.0. The molecule has 0 saturated carbocycles. The first-order valence-electron chi connectivity index (χ1n) is 8.89. The molecule has 1 aromatic heterocycles. The van der Waals surface area contributed by atoms with Crippen LogP contribution in [0.5, 0.6) is 0 Å². The number of benzene rings is 1. The van der Waals surface area contributed by atoms with E-state index in [2.05, 4.69) is 5.32 Å². The predicted molar refractivity (Wildman–Crippen MR) is 104 cm³/mol. The number of anilines is 1. The number of carbonyl (C=O) groups excluding carboxylic acids is 3. The summed E-state index contributed by atoms with van der Waals surface area (Å²) in [7, 11) is 0. The molecule has 0 aliphatic carbocycles. The number of nitrogens with zero attached hydrogens (tertiary/aromatic N) is 1. The Morgan fingerprint density at radius 1 is 1.19 bits per heavy atom. The number of ether oxygens (including phenoxy) is 1. The molecule has 0 atom stereocenters. The van der Waals surface area contributed by atoms with Crippen LogP contribution in [0, 0.1) is 12.8 Å². The second kappa shape index (κ2) is 8.81. The third-order valence-corrected chi connectivity index (χ3v) is 5.35. The normalized spacial score (nSPS) is 14.6. The smallest absolute Gasteiger partial charge is 0.309 e. The van der Waals surface area contributed by atoms with Crippen molar-refractivity contribution in [3.05, 3.63) is 52.2 Å². The Labute approximate surface area is 162 Å². The van der Waals surface area contributed by atoms with E-state index in [1.165, 1.54) is 11.3 Å². The highest BCUT2D eigenvalue weighted by molar-refractivity contribution is 7.12. The molecule has 1 aromatic carbocycles. The van der Waals surface area contributed by atoms with E-state index in [-0.39, 0.29) is 30.3 Å².